The summed E-state index contributed by atoms with van der Waals surface area (Å²) in [6, 6.07) is 8.58. The third-order valence-corrected chi connectivity index (χ3v) is 5.08. The van der Waals surface area contributed by atoms with Gasteiger partial charge in [0.15, 0.2) is 5.72 Å². The normalized spacial score (nSPS) is 23.1. The summed E-state index contributed by atoms with van der Waals surface area (Å²) in [5.41, 5.74) is 0.0179. The molecule has 140 valence electrons. The second-order valence-electron chi connectivity index (χ2n) is 6.61. The minimum absolute atomic E-state index is 0.0471. The molecule has 27 heavy (non-hydrogen) atoms. The van der Waals surface area contributed by atoms with Crippen LogP contribution in [0.15, 0.2) is 36.4 Å². The first kappa shape index (κ1) is 17.4. The van der Waals surface area contributed by atoms with Crippen molar-refractivity contribution < 1.29 is 19.2 Å². The Morgan fingerprint density at radius 1 is 1.37 bits per heavy atom. The van der Waals surface area contributed by atoms with E-state index >= 15 is 0 Å². The van der Waals surface area contributed by atoms with Gasteiger partial charge in [0.05, 0.1) is 23.8 Å². The third kappa shape index (κ3) is 2.73. The fourth-order valence-electron chi connectivity index (χ4n) is 3.68. The van der Waals surface area contributed by atoms with E-state index in [1.807, 2.05) is 0 Å². The van der Waals surface area contributed by atoms with E-state index < -0.39 is 22.7 Å². The Morgan fingerprint density at radius 3 is 2.85 bits per heavy atom. The number of nitro benzene ring substituents is 1. The molecule has 2 aliphatic rings. The number of nitro groups is 1. The van der Waals surface area contributed by atoms with Crippen LogP contribution in [-0.2, 0) is 0 Å². The average Bonchev–Trinajstić information content (AvgIpc) is 2.60. The first-order valence-electron chi connectivity index (χ1n) is 8.24. The first-order valence-corrected chi connectivity index (χ1v) is 8.62. The monoisotopic (exact) mass is 389 g/mol. The van der Waals surface area contributed by atoms with E-state index in [1.54, 1.807) is 31.2 Å². The number of carbonyl (C=O) groups excluding carboxylic acids is 1. The van der Waals surface area contributed by atoms with Crippen LogP contribution in [0.1, 0.15) is 24.9 Å². The van der Waals surface area contributed by atoms with Crippen LogP contribution in [0.2, 0.25) is 5.02 Å². The van der Waals surface area contributed by atoms with Crippen molar-refractivity contribution in [3.63, 3.8) is 0 Å². The van der Waals surface area contributed by atoms with Gasteiger partial charge >= 0.3 is 6.03 Å². The lowest BCUT2D eigenvalue weighted by Crippen LogP contribution is -2.65. The molecule has 2 atom stereocenters. The van der Waals surface area contributed by atoms with E-state index in [0.717, 1.165) is 0 Å². The van der Waals surface area contributed by atoms with Gasteiger partial charge in [-0.15, -0.1) is 0 Å². The van der Waals surface area contributed by atoms with Gasteiger partial charge in [0.1, 0.15) is 11.5 Å². The molecule has 4 rings (SSSR count). The predicted octanol–water partition coefficient (Wildman–Crippen LogP) is 4.03. The summed E-state index contributed by atoms with van der Waals surface area (Å²) in [7, 11) is 1.51. The zero-order valence-electron chi connectivity index (χ0n) is 14.6. The Morgan fingerprint density at radius 2 is 2.15 bits per heavy atom. The average molecular weight is 390 g/mol. The quantitative estimate of drug-likeness (QED) is 0.631. The predicted molar refractivity (Wildman–Crippen MR) is 98.5 cm³/mol. The molecular weight excluding hydrogens is 374 g/mol. The number of urea groups is 1. The highest BCUT2D eigenvalue weighted by Crippen LogP contribution is 2.48. The van der Waals surface area contributed by atoms with Gasteiger partial charge in [-0.3, -0.25) is 15.0 Å². The van der Waals surface area contributed by atoms with E-state index in [0.29, 0.717) is 34.2 Å². The van der Waals surface area contributed by atoms with Gasteiger partial charge in [-0.2, -0.15) is 0 Å². The standard InChI is InChI=1S/C18H16ClN3O5/c1-18-9-13(12-8-11(22(24)25)4-6-15(12)27-18)20-17(23)21(18)14-7-10(19)3-5-16(14)26-2/h3-8,13H,9H2,1-2H3,(H,20,23)/t13-,18+/m0/s1. The number of methoxy groups -OCH3 is 1. The molecule has 0 aliphatic carbocycles. The van der Waals surface area contributed by atoms with Gasteiger partial charge in [-0.1, -0.05) is 11.6 Å². The summed E-state index contributed by atoms with van der Waals surface area (Å²) in [5.74, 6) is 0.970. The maximum atomic E-state index is 12.9. The molecule has 9 heteroatoms. The second-order valence-corrected chi connectivity index (χ2v) is 7.05. The largest absolute Gasteiger partial charge is 0.495 e. The van der Waals surface area contributed by atoms with Gasteiger partial charge in [0, 0.05) is 29.1 Å². The molecule has 0 aromatic heterocycles. The molecule has 2 bridgehead atoms. The number of hydrogen-bond acceptors (Lipinski definition) is 5. The molecule has 8 nitrogen and oxygen atoms in total. The summed E-state index contributed by atoms with van der Waals surface area (Å²) in [4.78, 5) is 25.0. The van der Waals surface area contributed by atoms with Crippen molar-refractivity contribution in [3.8, 4) is 11.5 Å². The first-order chi connectivity index (χ1) is 12.8. The molecule has 2 aromatic rings. The molecule has 2 aliphatic heterocycles. The van der Waals surface area contributed by atoms with Crippen LogP contribution in [-0.4, -0.2) is 23.8 Å². The molecule has 1 N–H and O–H groups in total. The summed E-state index contributed by atoms with van der Waals surface area (Å²) < 4.78 is 11.5. The van der Waals surface area contributed by atoms with Crippen LogP contribution in [0, 0.1) is 10.1 Å². The van der Waals surface area contributed by atoms with Crippen molar-refractivity contribution in [1.82, 2.24) is 5.32 Å². The zero-order chi connectivity index (χ0) is 19.3. The number of hydrogen-bond donors (Lipinski definition) is 1. The van der Waals surface area contributed by atoms with Gasteiger partial charge in [-0.05, 0) is 31.2 Å². The number of amides is 2. The summed E-state index contributed by atoms with van der Waals surface area (Å²) in [5, 5.41) is 14.4. The van der Waals surface area contributed by atoms with Crippen LogP contribution in [0.3, 0.4) is 0 Å². The smallest absolute Gasteiger partial charge is 0.325 e. The van der Waals surface area contributed by atoms with Crippen molar-refractivity contribution in [2.45, 2.75) is 25.1 Å². The summed E-state index contributed by atoms with van der Waals surface area (Å²) in [6.07, 6.45) is 0.405. The number of non-ortho nitro benzene ring substituents is 1. The van der Waals surface area contributed by atoms with Gasteiger partial charge in [0.25, 0.3) is 5.69 Å². The molecule has 0 radical (unpaired) electrons. The number of anilines is 1. The molecule has 0 unspecified atom stereocenters. The lowest BCUT2D eigenvalue weighted by atomic mass is 9.90. The summed E-state index contributed by atoms with van der Waals surface area (Å²) in [6.45, 7) is 1.80. The van der Waals surface area contributed by atoms with Crippen LogP contribution < -0.4 is 19.7 Å². The third-order valence-electron chi connectivity index (χ3n) is 4.85. The number of carbonyl (C=O) groups is 1. The molecule has 0 spiro atoms. The zero-order valence-corrected chi connectivity index (χ0v) is 15.3. The number of ether oxygens (including phenoxy) is 2. The van der Waals surface area contributed by atoms with Crippen molar-refractivity contribution in [3.05, 3.63) is 57.1 Å². The van der Waals surface area contributed by atoms with Crippen molar-refractivity contribution in [2.24, 2.45) is 0 Å². The Balaban J connectivity index is 1.81. The molecule has 2 amide bonds. The molecule has 0 saturated carbocycles. The Hall–Kier alpha value is -3.00. The SMILES string of the molecule is COc1ccc(Cl)cc1N1C(=O)N[C@H]2C[C@@]1(C)Oc1ccc([N+](=O)[O-])cc12. The van der Waals surface area contributed by atoms with E-state index in [1.165, 1.54) is 24.1 Å². The maximum Gasteiger partial charge on any atom is 0.325 e. The minimum atomic E-state index is -1.01. The van der Waals surface area contributed by atoms with Crippen molar-refractivity contribution >= 4 is 29.0 Å². The Bertz CT molecular complexity index is 966. The number of halogens is 1. The molecule has 1 saturated heterocycles. The van der Waals surface area contributed by atoms with Gasteiger partial charge in [-0.25, -0.2) is 4.79 Å². The van der Waals surface area contributed by atoms with E-state index in [9.17, 15) is 14.9 Å². The van der Waals surface area contributed by atoms with Crippen LogP contribution in [0.4, 0.5) is 16.2 Å². The summed E-state index contributed by atoms with van der Waals surface area (Å²) >= 11 is 6.13. The van der Waals surface area contributed by atoms with Gasteiger partial charge < -0.3 is 14.8 Å². The number of nitrogens with one attached hydrogen (secondary N) is 1. The molecule has 1 fully saturated rings. The van der Waals surface area contributed by atoms with Gasteiger partial charge in [0.2, 0.25) is 0 Å². The Kier molecular flexibility index (Phi) is 3.88. The Labute approximate surface area is 159 Å². The number of benzene rings is 2. The second kappa shape index (κ2) is 6.02. The molecule has 2 aromatic carbocycles. The number of nitrogens with zero attached hydrogens (tertiary/aromatic N) is 2. The van der Waals surface area contributed by atoms with Crippen LogP contribution in [0.5, 0.6) is 11.5 Å². The van der Waals surface area contributed by atoms with Crippen LogP contribution in [0.25, 0.3) is 0 Å². The number of fused-ring (bicyclic) bond motifs is 4. The molecule has 2 heterocycles. The fourth-order valence-corrected chi connectivity index (χ4v) is 3.84. The fraction of sp³-hybridized carbons (Fsp3) is 0.278. The van der Waals surface area contributed by atoms with E-state index in [-0.39, 0.29) is 5.69 Å². The van der Waals surface area contributed by atoms with Crippen molar-refractivity contribution in [1.29, 1.82) is 0 Å². The highest BCUT2D eigenvalue weighted by Gasteiger charge is 2.50. The van der Waals surface area contributed by atoms with E-state index in [4.69, 9.17) is 21.1 Å². The van der Waals surface area contributed by atoms with Crippen molar-refractivity contribution in [2.75, 3.05) is 12.0 Å². The van der Waals surface area contributed by atoms with E-state index in [2.05, 4.69) is 5.32 Å². The lowest BCUT2D eigenvalue weighted by Gasteiger charge is -2.50. The van der Waals surface area contributed by atoms with Crippen LogP contribution >= 0.6 is 11.6 Å². The lowest BCUT2D eigenvalue weighted by molar-refractivity contribution is -0.385. The minimum Gasteiger partial charge on any atom is -0.495 e. The highest BCUT2D eigenvalue weighted by atomic mass is 35.5. The topological polar surface area (TPSA) is 93.9 Å². The maximum absolute atomic E-state index is 12.9. The highest BCUT2D eigenvalue weighted by molar-refractivity contribution is 6.31. The molecular formula is C18H16ClN3O5. The number of rotatable bonds is 3.